The maximum Gasteiger partial charge on any atom is 0.251 e. The van der Waals surface area contributed by atoms with E-state index >= 15 is 0 Å². The van der Waals surface area contributed by atoms with E-state index in [-0.39, 0.29) is 18.6 Å². The first-order valence-corrected chi connectivity index (χ1v) is 6.36. The van der Waals surface area contributed by atoms with E-state index in [1.165, 1.54) is 0 Å². The van der Waals surface area contributed by atoms with E-state index < -0.39 is 0 Å². The van der Waals surface area contributed by atoms with E-state index in [4.69, 9.17) is 16.3 Å². The second-order valence-electron chi connectivity index (χ2n) is 4.15. The summed E-state index contributed by atoms with van der Waals surface area (Å²) in [5.74, 6) is 0.240. The molecular formula is C12H16ClN3O2. The first-order chi connectivity index (χ1) is 8.74. The summed E-state index contributed by atoms with van der Waals surface area (Å²) in [5, 5.41) is 6.24. The molecule has 1 amide bonds. The molecule has 2 rings (SSSR count). The molecule has 1 aromatic rings. The minimum absolute atomic E-state index is 0.0544. The number of hydrogen-bond donors (Lipinski definition) is 2. The molecule has 0 aliphatic carbocycles. The highest BCUT2D eigenvalue weighted by Gasteiger charge is 2.14. The molecule has 0 unspecified atom stereocenters. The zero-order valence-electron chi connectivity index (χ0n) is 9.99. The number of anilines is 1. The van der Waals surface area contributed by atoms with Gasteiger partial charge in [0.25, 0.3) is 5.91 Å². The number of nitrogens with one attached hydrogen (secondary N) is 2. The summed E-state index contributed by atoms with van der Waals surface area (Å²) in [6.07, 6.45) is 2.06. The van der Waals surface area contributed by atoms with Crippen molar-refractivity contribution in [1.82, 2.24) is 10.3 Å². The van der Waals surface area contributed by atoms with Gasteiger partial charge in [0.1, 0.15) is 17.6 Å². The number of carbonyl (C=O) groups is 1. The number of carbonyl (C=O) groups excluding carboxylic acids is 1. The van der Waals surface area contributed by atoms with Gasteiger partial charge in [-0.05, 0) is 38.1 Å². The Bertz CT molecular complexity index is 408. The molecule has 0 aromatic carbocycles. The largest absolute Gasteiger partial charge is 0.368 e. The second-order valence-corrected chi connectivity index (χ2v) is 4.54. The van der Waals surface area contributed by atoms with Crippen molar-refractivity contribution >= 4 is 23.3 Å². The first kappa shape index (κ1) is 13.3. The average Bonchev–Trinajstić information content (AvgIpc) is 2.38. The van der Waals surface area contributed by atoms with E-state index in [2.05, 4.69) is 15.6 Å². The molecule has 1 fully saturated rings. The van der Waals surface area contributed by atoms with Crippen molar-refractivity contribution in [3.05, 3.63) is 23.4 Å². The second kappa shape index (κ2) is 6.68. The SMILES string of the molecule is O=C(COC1CCNCC1)Nc1cccc(Cl)n1. The number of amides is 1. The topological polar surface area (TPSA) is 63.2 Å². The van der Waals surface area contributed by atoms with Crippen molar-refractivity contribution in [2.45, 2.75) is 18.9 Å². The number of ether oxygens (including phenoxy) is 1. The van der Waals surface area contributed by atoms with E-state index in [1.54, 1.807) is 18.2 Å². The summed E-state index contributed by atoms with van der Waals surface area (Å²) in [6.45, 7) is 1.95. The van der Waals surface area contributed by atoms with Gasteiger partial charge in [-0.1, -0.05) is 17.7 Å². The maximum atomic E-state index is 11.6. The molecule has 0 saturated carbocycles. The molecule has 98 valence electrons. The molecule has 0 bridgehead atoms. The van der Waals surface area contributed by atoms with E-state index in [9.17, 15) is 4.79 Å². The lowest BCUT2D eigenvalue weighted by Gasteiger charge is -2.22. The van der Waals surface area contributed by atoms with Gasteiger partial charge in [-0.3, -0.25) is 4.79 Å². The Kier molecular flexibility index (Phi) is 4.92. The molecule has 0 atom stereocenters. The van der Waals surface area contributed by atoms with Gasteiger partial charge in [0.2, 0.25) is 0 Å². The number of hydrogen-bond acceptors (Lipinski definition) is 4. The third-order valence-corrected chi connectivity index (χ3v) is 2.93. The molecule has 1 aliphatic rings. The van der Waals surface area contributed by atoms with Crippen molar-refractivity contribution in [3.8, 4) is 0 Å². The average molecular weight is 270 g/mol. The van der Waals surface area contributed by atoms with Crippen LogP contribution < -0.4 is 10.6 Å². The molecule has 1 saturated heterocycles. The van der Waals surface area contributed by atoms with E-state index in [0.717, 1.165) is 25.9 Å². The predicted octanol–water partition coefficient (Wildman–Crippen LogP) is 1.44. The van der Waals surface area contributed by atoms with Crippen LogP contribution in [-0.2, 0) is 9.53 Å². The summed E-state index contributed by atoms with van der Waals surface area (Å²) in [6, 6.07) is 5.08. The summed E-state index contributed by atoms with van der Waals surface area (Å²) in [7, 11) is 0. The molecule has 6 heteroatoms. The zero-order chi connectivity index (χ0) is 12.8. The summed E-state index contributed by atoms with van der Waals surface area (Å²) in [5.41, 5.74) is 0. The number of halogens is 1. The van der Waals surface area contributed by atoms with Gasteiger partial charge in [0.05, 0.1) is 6.10 Å². The molecule has 5 nitrogen and oxygen atoms in total. The van der Waals surface area contributed by atoms with Crippen LogP contribution in [0.4, 0.5) is 5.82 Å². The standard InChI is InChI=1S/C12H16ClN3O2/c13-10-2-1-3-11(15-10)16-12(17)8-18-9-4-6-14-7-5-9/h1-3,9,14H,4-8H2,(H,15,16,17). The molecule has 1 aromatic heterocycles. The van der Waals surface area contributed by atoms with Gasteiger partial charge in [-0.15, -0.1) is 0 Å². The normalized spacial score (nSPS) is 16.5. The van der Waals surface area contributed by atoms with E-state index in [0.29, 0.717) is 11.0 Å². The van der Waals surface area contributed by atoms with Gasteiger partial charge >= 0.3 is 0 Å². The van der Waals surface area contributed by atoms with Crippen LogP contribution in [0.5, 0.6) is 0 Å². The van der Waals surface area contributed by atoms with Crippen LogP contribution in [0.25, 0.3) is 0 Å². The fraction of sp³-hybridized carbons (Fsp3) is 0.500. The third kappa shape index (κ3) is 4.25. The van der Waals surface area contributed by atoms with Crippen LogP contribution in [0.15, 0.2) is 18.2 Å². The Morgan fingerprint density at radius 2 is 2.28 bits per heavy atom. The van der Waals surface area contributed by atoms with Crippen molar-refractivity contribution in [2.24, 2.45) is 0 Å². The Morgan fingerprint density at radius 3 is 3.00 bits per heavy atom. The fourth-order valence-electron chi connectivity index (χ4n) is 1.81. The molecule has 2 heterocycles. The van der Waals surface area contributed by atoms with Crippen molar-refractivity contribution in [1.29, 1.82) is 0 Å². The molecule has 18 heavy (non-hydrogen) atoms. The van der Waals surface area contributed by atoms with Gasteiger partial charge in [0.15, 0.2) is 0 Å². The van der Waals surface area contributed by atoms with Gasteiger partial charge < -0.3 is 15.4 Å². The van der Waals surface area contributed by atoms with Crippen molar-refractivity contribution in [3.63, 3.8) is 0 Å². The highest BCUT2D eigenvalue weighted by Crippen LogP contribution is 2.10. The minimum Gasteiger partial charge on any atom is -0.368 e. The number of aromatic nitrogens is 1. The van der Waals surface area contributed by atoms with Gasteiger partial charge in [-0.25, -0.2) is 4.98 Å². The van der Waals surface area contributed by atoms with E-state index in [1.807, 2.05) is 0 Å². The Hall–Kier alpha value is -1.17. The van der Waals surface area contributed by atoms with Crippen LogP contribution in [0, 0.1) is 0 Å². The lowest BCUT2D eigenvalue weighted by atomic mass is 10.1. The summed E-state index contributed by atoms with van der Waals surface area (Å²) < 4.78 is 5.53. The Labute approximate surface area is 111 Å². The van der Waals surface area contributed by atoms with Crippen LogP contribution in [0.3, 0.4) is 0 Å². The highest BCUT2D eigenvalue weighted by atomic mass is 35.5. The number of rotatable bonds is 4. The fourth-order valence-corrected chi connectivity index (χ4v) is 1.98. The van der Waals surface area contributed by atoms with Crippen LogP contribution in [0.2, 0.25) is 5.15 Å². The lowest BCUT2D eigenvalue weighted by molar-refractivity contribution is -0.123. The minimum atomic E-state index is -0.205. The molecular weight excluding hydrogens is 254 g/mol. The smallest absolute Gasteiger partial charge is 0.251 e. The first-order valence-electron chi connectivity index (χ1n) is 5.99. The Morgan fingerprint density at radius 1 is 1.50 bits per heavy atom. The van der Waals surface area contributed by atoms with Gasteiger partial charge in [-0.2, -0.15) is 0 Å². The molecule has 1 aliphatic heterocycles. The number of piperidine rings is 1. The number of pyridine rings is 1. The third-order valence-electron chi connectivity index (χ3n) is 2.72. The Balaban J connectivity index is 1.74. The lowest BCUT2D eigenvalue weighted by Crippen LogP contribution is -2.34. The highest BCUT2D eigenvalue weighted by molar-refractivity contribution is 6.29. The predicted molar refractivity (Wildman–Crippen MR) is 69.7 cm³/mol. The quantitative estimate of drug-likeness (QED) is 0.812. The molecule has 2 N–H and O–H groups in total. The van der Waals surface area contributed by atoms with Crippen LogP contribution in [0.1, 0.15) is 12.8 Å². The summed E-state index contributed by atoms with van der Waals surface area (Å²) in [4.78, 5) is 15.6. The molecule has 0 radical (unpaired) electrons. The van der Waals surface area contributed by atoms with Crippen molar-refractivity contribution in [2.75, 3.05) is 25.0 Å². The van der Waals surface area contributed by atoms with Crippen LogP contribution >= 0.6 is 11.6 Å². The zero-order valence-corrected chi connectivity index (χ0v) is 10.7. The summed E-state index contributed by atoms with van der Waals surface area (Å²) >= 11 is 5.73. The monoisotopic (exact) mass is 269 g/mol. The maximum absolute atomic E-state index is 11.6. The van der Waals surface area contributed by atoms with Crippen molar-refractivity contribution < 1.29 is 9.53 Å². The number of nitrogens with zero attached hydrogens (tertiary/aromatic N) is 1. The molecule has 0 spiro atoms. The van der Waals surface area contributed by atoms with Crippen LogP contribution in [-0.4, -0.2) is 36.7 Å². The van der Waals surface area contributed by atoms with Gasteiger partial charge in [0, 0.05) is 0 Å².